The Morgan fingerprint density at radius 2 is 1.92 bits per heavy atom. The molecular formula is C16H13ClN2O5S2. The Morgan fingerprint density at radius 3 is 2.65 bits per heavy atom. The van der Waals surface area contributed by atoms with Gasteiger partial charge in [0, 0.05) is 13.1 Å². The molecule has 136 valence electrons. The van der Waals surface area contributed by atoms with Crippen molar-refractivity contribution >= 4 is 49.6 Å². The monoisotopic (exact) mass is 412 g/mol. The quantitative estimate of drug-likeness (QED) is 0.604. The van der Waals surface area contributed by atoms with E-state index in [9.17, 15) is 18.0 Å². The summed E-state index contributed by atoms with van der Waals surface area (Å²) in [6.45, 7) is -0.00485. The number of sulfonamides is 1. The van der Waals surface area contributed by atoms with E-state index < -0.39 is 21.6 Å². The predicted molar refractivity (Wildman–Crippen MR) is 99.3 cm³/mol. The summed E-state index contributed by atoms with van der Waals surface area (Å²) in [6.07, 6.45) is 0. The SMILES string of the molecule is O=C(NCCNS(=O)(=O)c1ccc(Cl)s1)c1cc2ccccc2c(=O)o1. The normalized spacial score (nSPS) is 11.6. The van der Waals surface area contributed by atoms with Crippen molar-refractivity contribution in [2.75, 3.05) is 13.1 Å². The Balaban J connectivity index is 1.60. The number of amides is 1. The lowest BCUT2D eigenvalue weighted by Crippen LogP contribution is -2.34. The van der Waals surface area contributed by atoms with Gasteiger partial charge in [0.2, 0.25) is 10.0 Å². The number of hydrogen-bond acceptors (Lipinski definition) is 6. The molecule has 7 nitrogen and oxygen atoms in total. The van der Waals surface area contributed by atoms with Gasteiger partial charge in [-0.1, -0.05) is 29.8 Å². The summed E-state index contributed by atoms with van der Waals surface area (Å²) >= 11 is 6.66. The number of benzene rings is 1. The van der Waals surface area contributed by atoms with E-state index >= 15 is 0 Å². The van der Waals surface area contributed by atoms with Gasteiger partial charge in [-0.15, -0.1) is 11.3 Å². The van der Waals surface area contributed by atoms with E-state index in [1.807, 2.05) is 0 Å². The van der Waals surface area contributed by atoms with Crippen LogP contribution in [0.5, 0.6) is 0 Å². The fraction of sp³-hybridized carbons (Fsp3) is 0.125. The molecule has 2 N–H and O–H groups in total. The minimum absolute atomic E-state index is 0.0215. The summed E-state index contributed by atoms with van der Waals surface area (Å²) in [5.41, 5.74) is -0.608. The Bertz CT molecular complexity index is 1120. The van der Waals surface area contributed by atoms with Crippen molar-refractivity contribution < 1.29 is 17.6 Å². The fourth-order valence-electron chi connectivity index (χ4n) is 2.21. The lowest BCUT2D eigenvalue weighted by molar-refractivity contribution is 0.0923. The topological polar surface area (TPSA) is 105 Å². The smallest absolute Gasteiger partial charge is 0.344 e. The summed E-state index contributed by atoms with van der Waals surface area (Å²) in [6, 6.07) is 11.1. The highest BCUT2D eigenvalue weighted by atomic mass is 35.5. The maximum Gasteiger partial charge on any atom is 0.344 e. The first-order valence-electron chi connectivity index (χ1n) is 7.43. The number of hydrogen-bond donors (Lipinski definition) is 2. The maximum absolute atomic E-state index is 12.1. The van der Waals surface area contributed by atoms with E-state index in [4.69, 9.17) is 16.0 Å². The van der Waals surface area contributed by atoms with Crippen LogP contribution < -0.4 is 15.7 Å². The van der Waals surface area contributed by atoms with Crippen molar-refractivity contribution in [3.05, 3.63) is 63.0 Å². The molecule has 1 aromatic carbocycles. The first kappa shape index (κ1) is 18.6. The second-order valence-electron chi connectivity index (χ2n) is 5.20. The zero-order chi connectivity index (χ0) is 18.7. The molecule has 0 saturated heterocycles. The van der Waals surface area contributed by atoms with Gasteiger partial charge in [0.25, 0.3) is 5.91 Å². The predicted octanol–water partition coefficient (Wildman–Crippen LogP) is 2.22. The standard InChI is InChI=1S/C16H13ClN2O5S2/c17-13-5-6-14(25-13)26(22,23)19-8-7-18-15(20)12-9-10-3-1-2-4-11(10)16(21)24-12/h1-6,9,19H,7-8H2,(H,18,20). The number of halogens is 1. The van der Waals surface area contributed by atoms with Crippen molar-refractivity contribution in [2.45, 2.75) is 4.21 Å². The van der Waals surface area contributed by atoms with Gasteiger partial charge in [0.1, 0.15) is 4.21 Å². The van der Waals surface area contributed by atoms with Gasteiger partial charge in [-0.25, -0.2) is 17.9 Å². The van der Waals surface area contributed by atoms with E-state index in [0.717, 1.165) is 11.3 Å². The molecule has 0 unspecified atom stereocenters. The zero-order valence-corrected chi connectivity index (χ0v) is 15.6. The summed E-state index contributed by atoms with van der Waals surface area (Å²) in [7, 11) is -3.68. The van der Waals surface area contributed by atoms with Gasteiger partial charge in [-0.05, 0) is 29.7 Å². The minimum atomic E-state index is -3.68. The van der Waals surface area contributed by atoms with Crippen LogP contribution in [0, 0.1) is 0 Å². The molecule has 0 atom stereocenters. The number of rotatable bonds is 6. The van der Waals surface area contributed by atoms with Crippen LogP contribution >= 0.6 is 22.9 Å². The average Bonchev–Trinajstić information content (AvgIpc) is 3.06. The number of carbonyl (C=O) groups excluding carboxylic acids is 1. The van der Waals surface area contributed by atoms with E-state index in [1.54, 1.807) is 24.3 Å². The van der Waals surface area contributed by atoms with Crippen LogP contribution in [-0.4, -0.2) is 27.4 Å². The first-order valence-corrected chi connectivity index (χ1v) is 10.1. The summed E-state index contributed by atoms with van der Waals surface area (Å²) < 4.78 is 31.9. The molecule has 0 aliphatic carbocycles. The van der Waals surface area contributed by atoms with Gasteiger partial charge in [0.15, 0.2) is 5.76 Å². The number of carbonyl (C=O) groups is 1. The Labute approximate surface area is 157 Å². The van der Waals surface area contributed by atoms with Crippen LogP contribution in [0.1, 0.15) is 10.6 Å². The minimum Gasteiger partial charge on any atom is -0.417 e. The molecule has 0 spiro atoms. The lowest BCUT2D eigenvalue weighted by Gasteiger charge is -2.07. The molecule has 0 aliphatic rings. The molecule has 3 rings (SSSR count). The van der Waals surface area contributed by atoms with Gasteiger partial charge in [0.05, 0.1) is 9.72 Å². The molecule has 0 radical (unpaired) electrons. The van der Waals surface area contributed by atoms with Crippen LogP contribution in [0.2, 0.25) is 4.34 Å². The third kappa shape index (κ3) is 4.13. The molecule has 0 aliphatic heterocycles. The molecule has 10 heteroatoms. The average molecular weight is 413 g/mol. The molecule has 0 saturated carbocycles. The largest absolute Gasteiger partial charge is 0.417 e. The van der Waals surface area contributed by atoms with Crippen LogP contribution in [-0.2, 0) is 10.0 Å². The molecule has 0 bridgehead atoms. The van der Waals surface area contributed by atoms with Crippen LogP contribution in [0.15, 0.2) is 55.9 Å². The van der Waals surface area contributed by atoms with E-state index in [-0.39, 0.29) is 23.1 Å². The highest BCUT2D eigenvalue weighted by Crippen LogP contribution is 2.25. The van der Waals surface area contributed by atoms with Crippen molar-refractivity contribution in [2.24, 2.45) is 0 Å². The van der Waals surface area contributed by atoms with E-state index in [2.05, 4.69) is 10.0 Å². The van der Waals surface area contributed by atoms with Crippen molar-refractivity contribution in [1.29, 1.82) is 0 Å². The molecule has 26 heavy (non-hydrogen) atoms. The fourth-order valence-corrected chi connectivity index (χ4v) is 4.77. The van der Waals surface area contributed by atoms with Gasteiger partial charge < -0.3 is 9.73 Å². The Hall–Kier alpha value is -2.20. The molecule has 0 fully saturated rings. The molecular weight excluding hydrogens is 400 g/mol. The summed E-state index contributed by atoms with van der Waals surface area (Å²) in [5, 5.41) is 3.47. The van der Waals surface area contributed by atoms with Crippen LogP contribution in [0.4, 0.5) is 0 Å². The van der Waals surface area contributed by atoms with Crippen molar-refractivity contribution in [3.63, 3.8) is 0 Å². The Kier molecular flexibility index (Phi) is 5.42. The van der Waals surface area contributed by atoms with E-state index in [0.29, 0.717) is 15.1 Å². The van der Waals surface area contributed by atoms with Crippen LogP contribution in [0.3, 0.4) is 0 Å². The van der Waals surface area contributed by atoms with Gasteiger partial charge >= 0.3 is 5.63 Å². The number of nitrogens with one attached hydrogen (secondary N) is 2. The third-order valence-corrected chi connectivity index (χ3v) is 6.59. The van der Waals surface area contributed by atoms with Gasteiger partial charge in [-0.3, -0.25) is 4.79 Å². The molecule has 2 heterocycles. The van der Waals surface area contributed by atoms with Crippen molar-refractivity contribution in [1.82, 2.24) is 10.0 Å². The molecule has 1 amide bonds. The Morgan fingerprint density at radius 1 is 1.15 bits per heavy atom. The maximum atomic E-state index is 12.1. The first-order chi connectivity index (χ1) is 12.4. The van der Waals surface area contributed by atoms with Gasteiger partial charge in [-0.2, -0.15) is 0 Å². The number of thiophene rings is 1. The van der Waals surface area contributed by atoms with Crippen LogP contribution in [0.25, 0.3) is 10.8 Å². The highest BCUT2D eigenvalue weighted by Gasteiger charge is 2.16. The highest BCUT2D eigenvalue weighted by molar-refractivity contribution is 7.91. The third-order valence-electron chi connectivity index (χ3n) is 3.41. The summed E-state index contributed by atoms with van der Waals surface area (Å²) in [4.78, 5) is 24.0. The molecule has 2 aromatic heterocycles. The van der Waals surface area contributed by atoms with Crippen molar-refractivity contribution in [3.8, 4) is 0 Å². The zero-order valence-electron chi connectivity index (χ0n) is 13.2. The molecule has 3 aromatic rings. The second kappa shape index (κ2) is 7.58. The second-order valence-corrected chi connectivity index (χ2v) is 8.91. The number of fused-ring (bicyclic) bond motifs is 1. The van der Waals surface area contributed by atoms with E-state index in [1.165, 1.54) is 18.2 Å². The lowest BCUT2D eigenvalue weighted by atomic mass is 10.1. The summed E-state index contributed by atoms with van der Waals surface area (Å²) in [5.74, 6) is -0.743.